The minimum atomic E-state index is -0.388. The van der Waals surface area contributed by atoms with E-state index in [-0.39, 0.29) is 6.10 Å². The zero-order valence-corrected chi connectivity index (χ0v) is 11.9. The molecule has 0 fully saturated rings. The third-order valence-corrected chi connectivity index (χ3v) is 4.68. The predicted octanol–water partition coefficient (Wildman–Crippen LogP) is 3.51. The molecule has 1 aliphatic rings. The molecule has 0 aromatic carbocycles. The third kappa shape index (κ3) is 1.86. The summed E-state index contributed by atoms with van der Waals surface area (Å²) in [5.74, 6) is 0.976. The van der Waals surface area contributed by atoms with E-state index < -0.39 is 0 Å². The van der Waals surface area contributed by atoms with Crippen LogP contribution in [0.15, 0.2) is 16.7 Å². The van der Waals surface area contributed by atoms with E-state index in [9.17, 15) is 5.11 Å². The molecule has 1 N–H and O–H groups in total. The van der Waals surface area contributed by atoms with E-state index in [0.717, 1.165) is 35.5 Å². The van der Waals surface area contributed by atoms with Crippen LogP contribution in [-0.2, 0) is 6.54 Å². The van der Waals surface area contributed by atoms with Crippen LogP contribution in [0.4, 0.5) is 0 Å². The standard InChI is InChI=1S/C12H13BrN2OS/c1-7-4-5-9(17-7)12-14-11(13)10-8(16)3-2-6-15(10)12/h4-5,8,16H,2-3,6H2,1H3. The monoisotopic (exact) mass is 312 g/mol. The van der Waals surface area contributed by atoms with Crippen molar-refractivity contribution < 1.29 is 5.11 Å². The number of imidazole rings is 1. The van der Waals surface area contributed by atoms with Crippen molar-refractivity contribution in [2.75, 3.05) is 0 Å². The van der Waals surface area contributed by atoms with E-state index in [0.29, 0.717) is 0 Å². The van der Waals surface area contributed by atoms with Crippen LogP contribution in [0.5, 0.6) is 0 Å². The molecule has 0 spiro atoms. The first-order valence-electron chi connectivity index (χ1n) is 5.67. The van der Waals surface area contributed by atoms with Crippen molar-refractivity contribution in [1.29, 1.82) is 0 Å². The Hall–Kier alpha value is -0.650. The molecule has 1 atom stereocenters. The average molecular weight is 313 g/mol. The van der Waals surface area contributed by atoms with Crippen LogP contribution in [0.25, 0.3) is 10.7 Å². The molecule has 90 valence electrons. The number of hydrogen-bond donors (Lipinski definition) is 1. The van der Waals surface area contributed by atoms with Gasteiger partial charge in [0, 0.05) is 11.4 Å². The quantitative estimate of drug-likeness (QED) is 0.875. The zero-order valence-electron chi connectivity index (χ0n) is 9.48. The van der Waals surface area contributed by atoms with Crippen LogP contribution in [0, 0.1) is 6.92 Å². The highest BCUT2D eigenvalue weighted by atomic mass is 79.9. The van der Waals surface area contributed by atoms with Gasteiger partial charge in [0.2, 0.25) is 0 Å². The molecule has 0 aliphatic carbocycles. The van der Waals surface area contributed by atoms with E-state index in [1.54, 1.807) is 11.3 Å². The smallest absolute Gasteiger partial charge is 0.151 e. The molecular weight excluding hydrogens is 300 g/mol. The van der Waals surface area contributed by atoms with Gasteiger partial charge in [-0.25, -0.2) is 4.98 Å². The number of rotatable bonds is 1. The van der Waals surface area contributed by atoms with Crippen molar-refractivity contribution in [2.45, 2.75) is 32.4 Å². The lowest BCUT2D eigenvalue weighted by atomic mass is 10.1. The van der Waals surface area contributed by atoms with Crippen LogP contribution in [-0.4, -0.2) is 14.7 Å². The number of aliphatic hydroxyl groups excluding tert-OH is 1. The van der Waals surface area contributed by atoms with Gasteiger partial charge in [-0.15, -0.1) is 11.3 Å². The maximum Gasteiger partial charge on any atom is 0.151 e. The molecule has 0 bridgehead atoms. The summed E-state index contributed by atoms with van der Waals surface area (Å²) in [7, 11) is 0. The van der Waals surface area contributed by atoms with Gasteiger partial charge in [0.25, 0.3) is 0 Å². The SMILES string of the molecule is Cc1ccc(-c2nc(Br)c3n2CCCC3O)s1. The molecule has 1 unspecified atom stereocenters. The van der Waals surface area contributed by atoms with E-state index in [4.69, 9.17) is 0 Å². The van der Waals surface area contributed by atoms with E-state index in [2.05, 4.69) is 44.5 Å². The highest BCUT2D eigenvalue weighted by molar-refractivity contribution is 9.10. The molecule has 0 saturated carbocycles. The van der Waals surface area contributed by atoms with Crippen molar-refractivity contribution in [1.82, 2.24) is 9.55 Å². The molecular formula is C12H13BrN2OS. The molecule has 17 heavy (non-hydrogen) atoms. The van der Waals surface area contributed by atoms with E-state index in [1.807, 2.05) is 0 Å². The molecule has 0 amide bonds. The molecule has 3 heterocycles. The number of hydrogen-bond acceptors (Lipinski definition) is 3. The largest absolute Gasteiger partial charge is 0.387 e. The van der Waals surface area contributed by atoms with E-state index in [1.165, 1.54) is 9.75 Å². The Morgan fingerprint density at radius 1 is 1.53 bits per heavy atom. The maximum atomic E-state index is 10.0. The number of aliphatic hydroxyl groups is 1. The van der Waals surface area contributed by atoms with Gasteiger partial charge < -0.3 is 9.67 Å². The Morgan fingerprint density at radius 2 is 2.35 bits per heavy atom. The van der Waals surface area contributed by atoms with Crippen molar-refractivity contribution in [3.05, 3.63) is 27.3 Å². The second-order valence-electron chi connectivity index (χ2n) is 4.33. The number of aromatic nitrogens is 2. The Balaban J connectivity index is 2.16. The van der Waals surface area contributed by atoms with Gasteiger partial charge in [0.15, 0.2) is 5.82 Å². The fraction of sp³-hybridized carbons (Fsp3) is 0.417. The summed E-state index contributed by atoms with van der Waals surface area (Å²) >= 11 is 5.20. The molecule has 5 heteroatoms. The first-order chi connectivity index (χ1) is 8.16. The fourth-order valence-electron chi connectivity index (χ4n) is 2.30. The highest BCUT2D eigenvalue weighted by Crippen LogP contribution is 2.37. The van der Waals surface area contributed by atoms with Gasteiger partial charge in [0.1, 0.15) is 4.60 Å². The average Bonchev–Trinajstić information content (AvgIpc) is 2.84. The first kappa shape index (κ1) is 11.4. The summed E-state index contributed by atoms with van der Waals surface area (Å²) in [5, 5.41) is 10.0. The summed E-state index contributed by atoms with van der Waals surface area (Å²) in [6.45, 7) is 3.04. The summed E-state index contributed by atoms with van der Waals surface area (Å²) in [6, 6.07) is 4.21. The maximum absolute atomic E-state index is 10.0. The van der Waals surface area contributed by atoms with Gasteiger partial charge >= 0.3 is 0 Å². The van der Waals surface area contributed by atoms with Crippen LogP contribution < -0.4 is 0 Å². The van der Waals surface area contributed by atoms with Crippen LogP contribution >= 0.6 is 27.3 Å². The van der Waals surface area contributed by atoms with Gasteiger partial charge in [0.05, 0.1) is 16.7 Å². The normalized spacial score (nSPS) is 19.4. The fourth-order valence-corrected chi connectivity index (χ4v) is 3.81. The number of fused-ring (bicyclic) bond motifs is 1. The van der Waals surface area contributed by atoms with Crippen LogP contribution in [0.1, 0.15) is 29.5 Å². The number of aryl methyl sites for hydroxylation is 1. The van der Waals surface area contributed by atoms with Crippen molar-refractivity contribution in [3.8, 4) is 10.7 Å². The van der Waals surface area contributed by atoms with Crippen molar-refractivity contribution in [3.63, 3.8) is 0 Å². The molecule has 0 saturated heterocycles. The summed E-state index contributed by atoms with van der Waals surface area (Å²) in [6.07, 6.45) is 1.45. The summed E-state index contributed by atoms with van der Waals surface area (Å²) in [5.41, 5.74) is 0.928. The second-order valence-corrected chi connectivity index (χ2v) is 6.37. The zero-order chi connectivity index (χ0) is 12.0. The van der Waals surface area contributed by atoms with Gasteiger partial charge in [-0.1, -0.05) is 0 Å². The summed E-state index contributed by atoms with van der Waals surface area (Å²) < 4.78 is 2.93. The van der Waals surface area contributed by atoms with Crippen molar-refractivity contribution in [2.24, 2.45) is 0 Å². The minimum absolute atomic E-state index is 0.388. The lowest BCUT2D eigenvalue weighted by molar-refractivity contribution is 0.138. The predicted molar refractivity (Wildman–Crippen MR) is 72.2 cm³/mol. The van der Waals surface area contributed by atoms with Crippen molar-refractivity contribution >= 4 is 27.3 Å². The number of halogens is 1. The molecule has 1 aliphatic heterocycles. The Kier molecular flexibility index (Phi) is 2.84. The van der Waals surface area contributed by atoms with Crippen LogP contribution in [0.3, 0.4) is 0 Å². The molecule has 2 aromatic rings. The minimum Gasteiger partial charge on any atom is -0.387 e. The number of thiophene rings is 1. The number of nitrogens with zero attached hydrogens (tertiary/aromatic N) is 2. The van der Waals surface area contributed by atoms with E-state index >= 15 is 0 Å². The second kappa shape index (κ2) is 4.23. The first-order valence-corrected chi connectivity index (χ1v) is 7.28. The molecule has 3 nitrogen and oxygen atoms in total. The lowest BCUT2D eigenvalue weighted by Gasteiger charge is -2.21. The summed E-state index contributed by atoms with van der Waals surface area (Å²) in [4.78, 5) is 7.01. The third-order valence-electron chi connectivity index (χ3n) is 3.10. The Bertz CT molecular complexity index is 561. The Morgan fingerprint density at radius 3 is 3.06 bits per heavy atom. The van der Waals surface area contributed by atoms with Gasteiger partial charge in [-0.2, -0.15) is 0 Å². The van der Waals surface area contributed by atoms with Crippen LogP contribution in [0.2, 0.25) is 0 Å². The van der Waals surface area contributed by atoms with Gasteiger partial charge in [-0.3, -0.25) is 0 Å². The Labute approximate surface area is 112 Å². The topological polar surface area (TPSA) is 38.0 Å². The van der Waals surface area contributed by atoms with Gasteiger partial charge in [-0.05, 0) is 47.8 Å². The molecule has 2 aromatic heterocycles. The highest BCUT2D eigenvalue weighted by Gasteiger charge is 2.26. The lowest BCUT2D eigenvalue weighted by Crippen LogP contribution is -2.15. The molecule has 0 radical (unpaired) electrons. The molecule has 3 rings (SSSR count).